The largest absolute Gasteiger partial charge is 0.482 e. The van der Waals surface area contributed by atoms with Crippen LogP contribution >= 0.6 is 11.8 Å². The molecule has 4 aromatic rings. The summed E-state index contributed by atoms with van der Waals surface area (Å²) in [4.78, 5) is 26.9. The molecule has 170 valence electrons. The Labute approximate surface area is 199 Å². The van der Waals surface area contributed by atoms with E-state index in [1.54, 1.807) is 16.8 Å². The highest BCUT2D eigenvalue weighted by molar-refractivity contribution is 7.98. The number of aliphatic carboxylic acids is 1. The van der Waals surface area contributed by atoms with Crippen LogP contribution in [0, 0.1) is 0 Å². The molecule has 0 fully saturated rings. The van der Waals surface area contributed by atoms with Crippen LogP contribution < -0.4 is 20.3 Å². The van der Waals surface area contributed by atoms with Gasteiger partial charge in [0.1, 0.15) is 5.75 Å². The second kappa shape index (κ2) is 9.40. The van der Waals surface area contributed by atoms with Gasteiger partial charge in [0.15, 0.2) is 6.61 Å². The summed E-state index contributed by atoms with van der Waals surface area (Å²) in [6, 6.07) is 24.7. The molecule has 1 aromatic heterocycles. The van der Waals surface area contributed by atoms with E-state index < -0.39 is 18.7 Å². The topological polar surface area (TPSA) is 108 Å². The molecule has 1 aliphatic rings. The number of aromatic nitrogens is 3. The van der Waals surface area contributed by atoms with Crippen LogP contribution in [0.1, 0.15) is 17.3 Å². The van der Waals surface area contributed by atoms with Crippen LogP contribution in [-0.2, 0) is 10.5 Å². The highest BCUT2D eigenvalue weighted by Gasteiger charge is 2.37. The molecule has 8 nitrogen and oxygen atoms in total. The minimum absolute atomic E-state index is 0.217. The Morgan fingerprint density at radius 1 is 1.03 bits per heavy atom. The average molecular weight is 474 g/mol. The highest BCUT2D eigenvalue weighted by Crippen LogP contribution is 2.32. The van der Waals surface area contributed by atoms with E-state index in [9.17, 15) is 9.59 Å². The van der Waals surface area contributed by atoms with Gasteiger partial charge in [-0.15, -0.1) is 0 Å². The van der Waals surface area contributed by atoms with Gasteiger partial charge < -0.3 is 15.2 Å². The number of benzene rings is 3. The van der Waals surface area contributed by atoms with Gasteiger partial charge in [0.25, 0.3) is 6.17 Å². The molecule has 0 saturated carbocycles. The van der Waals surface area contributed by atoms with Crippen molar-refractivity contribution in [1.82, 2.24) is 10.1 Å². The standard InChI is InChI=1S/C25H20N4O4S/c30-21(31)14-33-18-12-10-17(11-13-18)23-26-20-9-5-4-8-19(20)22-24(32)27-25(28-29(22)23)34-15-16-6-2-1-3-7-16/h1-13,23H,14-15H2,(H2,27,28,30,31,32)/p+1/t23-/m0/s1. The lowest BCUT2D eigenvalue weighted by Gasteiger charge is -2.22. The minimum atomic E-state index is -1.04. The molecule has 0 bridgehead atoms. The van der Waals surface area contributed by atoms with E-state index >= 15 is 0 Å². The lowest BCUT2D eigenvalue weighted by atomic mass is 10.0. The molecule has 0 radical (unpaired) electrons. The van der Waals surface area contributed by atoms with E-state index in [-0.39, 0.29) is 5.56 Å². The number of para-hydroxylation sites is 1. The fourth-order valence-electron chi connectivity index (χ4n) is 3.80. The number of ether oxygens (including phenoxy) is 1. The Kier molecular flexibility index (Phi) is 6.01. The molecular weight excluding hydrogens is 452 g/mol. The van der Waals surface area contributed by atoms with Crippen LogP contribution in [-0.4, -0.2) is 27.8 Å². The summed E-state index contributed by atoms with van der Waals surface area (Å²) >= 11 is 1.46. The van der Waals surface area contributed by atoms with E-state index in [2.05, 4.69) is 10.3 Å². The first kappa shape index (κ1) is 21.7. The number of hydrogen-bond donors (Lipinski definition) is 3. The van der Waals surface area contributed by atoms with E-state index in [0.29, 0.717) is 22.4 Å². The Morgan fingerprint density at radius 2 is 1.76 bits per heavy atom. The molecule has 0 unspecified atom stereocenters. The predicted molar refractivity (Wildman–Crippen MR) is 128 cm³/mol. The van der Waals surface area contributed by atoms with E-state index in [1.807, 2.05) is 66.7 Å². The third kappa shape index (κ3) is 4.51. The average Bonchev–Trinajstić information content (AvgIpc) is 2.86. The number of carboxylic acids is 1. The molecule has 2 heterocycles. The molecule has 3 aromatic carbocycles. The van der Waals surface area contributed by atoms with Crippen molar-refractivity contribution >= 4 is 23.4 Å². The molecule has 1 aliphatic heterocycles. The second-order valence-electron chi connectivity index (χ2n) is 7.67. The SMILES string of the molecule is O=C(O)COc1ccc([C@H]2Nc3ccccc3-c3c(=O)[nH]c(SCc4ccccc4)n[n+]32)cc1. The Balaban J connectivity index is 1.51. The van der Waals surface area contributed by atoms with Crippen molar-refractivity contribution in [3.63, 3.8) is 0 Å². The highest BCUT2D eigenvalue weighted by atomic mass is 32.2. The third-order valence-corrected chi connectivity index (χ3v) is 6.29. The lowest BCUT2D eigenvalue weighted by molar-refractivity contribution is -0.759. The van der Waals surface area contributed by atoms with Gasteiger partial charge in [-0.1, -0.05) is 54.2 Å². The fourth-order valence-corrected chi connectivity index (χ4v) is 4.60. The molecule has 0 amide bonds. The number of anilines is 1. The zero-order valence-electron chi connectivity index (χ0n) is 18.0. The molecule has 0 saturated heterocycles. The summed E-state index contributed by atoms with van der Waals surface area (Å²) < 4.78 is 6.96. The lowest BCUT2D eigenvalue weighted by Crippen LogP contribution is -2.55. The van der Waals surface area contributed by atoms with Gasteiger partial charge in [-0.3, -0.25) is 9.78 Å². The first-order valence-electron chi connectivity index (χ1n) is 10.6. The maximum absolute atomic E-state index is 13.2. The third-order valence-electron chi connectivity index (χ3n) is 5.36. The normalized spacial score (nSPS) is 13.9. The molecule has 1 atom stereocenters. The number of aromatic amines is 1. The zero-order valence-corrected chi connectivity index (χ0v) is 18.8. The summed E-state index contributed by atoms with van der Waals surface area (Å²) in [7, 11) is 0. The van der Waals surface area contributed by atoms with Gasteiger partial charge >= 0.3 is 17.2 Å². The Hall–Kier alpha value is -4.11. The van der Waals surface area contributed by atoms with Crippen LogP contribution in [0.2, 0.25) is 0 Å². The summed E-state index contributed by atoms with van der Waals surface area (Å²) in [5.74, 6) is 0.0848. The molecule has 9 heteroatoms. The number of rotatable bonds is 7. The summed E-state index contributed by atoms with van der Waals surface area (Å²) in [5.41, 5.74) is 3.83. The Morgan fingerprint density at radius 3 is 2.53 bits per heavy atom. The van der Waals surface area contributed by atoms with Gasteiger partial charge in [-0.2, -0.15) is 0 Å². The van der Waals surface area contributed by atoms with E-state index in [0.717, 1.165) is 22.4 Å². The number of thioether (sulfide) groups is 1. The maximum Gasteiger partial charge on any atom is 0.341 e. The van der Waals surface area contributed by atoms with Gasteiger partial charge in [-0.25, -0.2) is 4.79 Å². The van der Waals surface area contributed by atoms with Crippen molar-refractivity contribution in [1.29, 1.82) is 0 Å². The molecule has 3 N–H and O–H groups in total. The number of H-pyrrole nitrogens is 1. The molecule has 0 spiro atoms. The van der Waals surface area contributed by atoms with Crippen molar-refractivity contribution in [2.24, 2.45) is 0 Å². The quantitative estimate of drug-likeness (QED) is 0.279. The minimum Gasteiger partial charge on any atom is -0.482 e. The van der Waals surface area contributed by atoms with Crippen LogP contribution in [0.15, 0.2) is 88.8 Å². The molecule has 5 rings (SSSR count). The first-order chi connectivity index (χ1) is 16.6. The summed E-state index contributed by atoms with van der Waals surface area (Å²) in [6.07, 6.45) is -0.434. The van der Waals surface area contributed by atoms with Crippen LogP contribution in [0.4, 0.5) is 5.69 Å². The smallest absolute Gasteiger partial charge is 0.341 e. The zero-order chi connectivity index (χ0) is 23.5. The molecular formula is C25H21N4O4S+. The number of nitrogens with one attached hydrogen (secondary N) is 2. The maximum atomic E-state index is 13.2. The van der Waals surface area contributed by atoms with Gasteiger partial charge in [0, 0.05) is 16.4 Å². The van der Waals surface area contributed by atoms with Crippen molar-refractivity contribution < 1.29 is 19.3 Å². The van der Waals surface area contributed by atoms with E-state index in [1.165, 1.54) is 11.8 Å². The number of fused-ring (bicyclic) bond motifs is 3. The molecule has 34 heavy (non-hydrogen) atoms. The van der Waals surface area contributed by atoms with E-state index in [4.69, 9.17) is 14.9 Å². The summed E-state index contributed by atoms with van der Waals surface area (Å²) in [5, 5.41) is 17.6. The predicted octanol–water partition coefficient (Wildman–Crippen LogP) is 3.45. The number of hydrogen-bond acceptors (Lipinski definition) is 6. The van der Waals surface area contributed by atoms with Crippen LogP contribution in [0.5, 0.6) is 5.75 Å². The summed E-state index contributed by atoms with van der Waals surface area (Å²) in [6.45, 7) is -0.412. The van der Waals surface area contributed by atoms with Crippen LogP contribution in [0.25, 0.3) is 11.3 Å². The van der Waals surface area contributed by atoms with Crippen molar-refractivity contribution in [2.45, 2.75) is 17.1 Å². The van der Waals surface area contributed by atoms with Crippen molar-refractivity contribution in [3.8, 4) is 17.0 Å². The second-order valence-corrected chi connectivity index (χ2v) is 8.63. The first-order valence-corrected chi connectivity index (χ1v) is 11.6. The van der Waals surface area contributed by atoms with Crippen molar-refractivity contribution in [3.05, 3.63) is 100 Å². The number of carboxylic acid groups (broad SMARTS) is 1. The molecule has 0 aliphatic carbocycles. The van der Waals surface area contributed by atoms with Crippen LogP contribution in [0.3, 0.4) is 0 Å². The number of nitrogens with zero attached hydrogens (tertiary/aromatic N) is 2. The van der Waals surface area contributed by atoms with Crippen molar-refractivity contribution in [2.75, 3.05) is 11.9 Å². The van der Waals surface area contributed by atoms with Gasteiger partial charge in [0.05, 0.1) is 11.3 Å². The Bertz CT molecular complexity index is 1390. The monoisotopic (exact) mass is 473 g/mol. The van der Waals surface area contributed by atoms with Gasteiger partial charge in [0.2, 0.25) is 5.16 Å². The van der Waals surface area contributed by atoms with Gasteiger partial charge in [-0.05, 0) is 46.6 Å². The fraction of sp³-hybridized carbons (Fsp3) is 0.120. The number of carbonyl (C=O) groups is 1.